The van der Waals surface area contributed by atoms with Crippen LogP contribution in [0, 0.1) is 6.92 Å². The zero-order valence-corrected chi connectivity index (χ0v) is 13.0. The smallest absolute Gasteiger partial charge is 0.322 e. The van der Waals surface area contributed by atoms with Crippen LogP contribution >= 0.6 is 0 Å². The second-order valence-electron chi connectivity index (χ2n) is 5.99. The predicted molar refractivity (Wildman–Crippen MR) is 79.4 cm³/mol. The number of amides is 4. The molecule has 3 rings (SSSR count). The van der Waals surface area contributed by atoms with Gasteiger partial charge in [0, 0.05) is 25.4 Å². The van der Waals surface area contributed by atoms with Crippen molar-refractivity contribution in [1.29, 1.82) is 0 Å². The van der Waals surface area contributed by atoms with Crippen LogP contribution in [-0.2, 0) is 9.59 Å². The molecule has 0 saturated carbocycles. The Hall–Kier alpha value is -2.45. The normalized spacial score (nSPS) is 23.2. The minimum Gasteiger partial charge on any atom is -0.341 e. The summed E-state index contributed by atoms with van der Waals surface area (Å²) in [4.78, 5) is 41.5. The quantitative estimate of drug-likeness (QED) is 0.697. The monoisotopic (exact) mass is 320 g/mol. The minimum absolute atomic E-state index is 0.125. The van der Waals surface area contributed by atoms with Gasteiger partial charge in [-0.15, -0.1) is 0 Å². The van der Waals surface area contributed by atoms with Crippen LogP contribution in [0.15, 0.2) is 0 Å². The number of piperidine rings is 1. The molecule has 1 atom stereocenters. The van der Waals surface area contributed by atoms with E-state index in [0.717, 1.165) is 24.5 Å². The molecule has 1 aromatic heterocycles. The molecule has 9 nitrogen and oxygen atoms in total. The molecule has 2 aliphatic rings. The predicted octanol–water partition coefficient (Wildman–Crippen LogP) is -0.193. The molecule has 1 aromatic rings. The standard InChI is InChI=1S/C14H20N6O3/c1-8-15-12(19-18-8)9-4-6-20(7-5-9)13(22)10-2-3-11(21)17-14(23)16-10/h9-10H,2-7H2,1H3,(H,15,18,19)(H2,16,17,21,23)/t10-/m0/s1. The van der Waals surface area contributed by atoms with Crippen LogP contribution < -0.4 is 10.6 Å². The van der Waals surface area contributed by atoms with E-state index in [1.807, 2.05) is 6.92 Å². The number of rotatable bonds is 2. The Bertz CT molecular complexity index is 620. The molecule has 0 spiro atoms. The third kappa shape index (κ3) is 3.49. The van der Waals surface area contributed by atoms with Crippen molar-refractivity contribution in [3.05, 3.63) is 11.6 Å². The lowest BCUT2D eigenvalue weighted by Gasteiger charge is -2.33. The summed E-state index contributed by atoms with van der Waals surface area (Å²) in [5, 5.41) is 11.8. The van der Waals surface area contributed by atoms with Crippen molar-refractivity contribution < 1.29 is 14.4 Å². The number of imide groups is 1. The second kappa shape index (κ2) is 6.35. The molecule has 4 amide bonds. The Morgan fingerprint density at radius 2 is 1.96 bits per heavy atom. The zero-order chi connectivity index (χ0) is 16.4. The van der Waals surface area contributed by atoms with Crippen LogP contribution in [0.2, 0.25) is 0 Å². The number of carbonyl (C=O) groups is 3. The second-order valence-corrected chi connectivity index (χ2v) is 5.99. The third-order valence-corrected chi connectivity index (χ3v) is 4.30. The number of H-pyrrole nitrogens is 1. The fourth-order valence-electron chi connectivity index (χ4n) is 3.04. The molecule has 2 saturated heterocycles. The summed E-state index contributed by atoms with van der Waals surface area (Å²) in [7, 11) is 0. The fourth-order valence-corrected chi connectivity index (χ4v) is 3.04. The number of carbonyl (C=O) groups excluding carboxylic acids is 3. The molecule has 3 N–H and O–H groups in total. The van der Waals surface area contributed by atoms with E-state index >= 15 is 0 Å². The lowest BCUT2D eigenvalue weighted by molar-refractivity contribution is -0.134. The molecule has 2 fully saturated rings. The molecule has 3 heterocycles. The van der Waals surface area contributed by atoms with Crippen LogP contribution in [0.1, 0.15) is 43.3 Å². The van der Waals surface area contributed by atoms with E-state index in [0.29, 0.717) is 19.5 Å². The highest BCUT2D eigenvalue weighted by Gasteiger charge is 2.32. The van der Waals surface area contributed by atoms with Gasteiger partial charge < -0.3 is 10.2 Å². The van der Waals surface area contributed by atoms with Gasteiger partial charge in [0.15, 0.2) is 5.82 Å². The number of urea groups is 1. The molecule has 9 heteroatoms. The highest BCUT2D eigenvalue weighted by atomic mass is 16.2. The lowest BCUT2D eigenvalue weighted by Crippen LogP contribution is -2.51. The van der Waals surface area contributed by atoms with Crippen molar-refractivity contribution in [3.63, 3.8) is 0 Å². The maximum Gasteiger partial charge on any atom is 0.322 e. The van der Waals surface area contributed by atoms with Crippen molar-refractivity contribution in [2.24, 2.45) is 0 Å². The first-order valence-electron chi connectivity index (χ1n) is 7.81. The SMILES string of the molecule is Cc1nc(C2CCN(C(=O)[C@@H]3CCC(=O)NC(=O)N3)CC2)n[nH]1. The minimum atomic E-state index is -0.635. The Morgan fingerprint density at radius 3 is 2.61 bits per heavy atom. The summed E-state index contributed by atoms with van der Waals surface area (Å²) in [6, 6.07) is -1.24. The summed E-state index contributed by atoms with van der Waals surface area (Å²) in [6.07, 6.45) is 2.08. The first kappa shape index (κ1) is 15.4. The van der Waals surface area contributed by atoms with Gasteiger partial charge in [-0.2, -0.15) is 5.10 Å². The molecule has 0 unspecified atom stereocenters. The number of nitrogens with one attached hydrogen (secondary N) is 3. The number of likely N-dealkylation sites (tertiary alicyclic amines) is 1. The van der Waals surface area contributed by atoms with Crippen molar-refractivity contribution in [2.75, 3.05) is 13.1 Å². The molecular weight excluding hydrogens is 300 g/mol. The highest BCUT2D eigenvalue weighted by molar-refractivity contribution is 5.98. The third-order valence-electron chi connectivity index (χ3n) is 4.30. The molecule has 23 heavy (non-hydrogen) atoms. The van der Waals surface area contributed by atoms with Crippen LogP contribution in [0.3, 0.4) is 0 Å². The summed E-state index contributed by atoms with van der Waals surface area (Å²) in [5.74, 6) is 1.36. The number of aromatic nitrogens is 3. The van der Waals surface area contributed by atoms with E-state index in [9.17, 15) is 14.4 Å². The summed E-state index contributed by atoms with van der Waals surface area (Å²) < 4.78 is 0. The van der Waals surface area contributed by atoms with E-state index in [1.165, 1.54) is 0 Å². The molecule has 0 aromatic carbocycles. The molecule has 0 radical (unpaired) electrons. The molecule has 0 bridgehead atoms. The number of hydrogen-bond acceptors (Lipinski definition) is 5. The summed E-state index contributed by atoms with van der Waals surface area (Å²) in [6.45, 7) is 3.06. The number of hydrogen-bond donors (Lipinski definition) is 3. The van der Waals surface area contributed by atoms with Crippen LogP contribution in [0.25, 0.3) is 0 Å². The van der Waals surface area contributed by atoms with Gasteiger partial charge in [0.1, 0.15) is 11.9 Å². The van der Waals surface area contributed by atoms with Gasteiger partial charge in [-0.3, -0.25) is 20.0 Å². The number of aryl methyl sites for hydroxylation is 1. The van der Waals surface area contributed by atoms with Crippen molar-refractivity contribution >= 4 is 17.8 Å². The van der Waals surface area contributed by atoms with Crippen LogP contribution in [0.4, 0.5) is 4.79 Å². The van der Waals surface area contributed by atoms with E-state index < -0.39 is 12.1 Å². The van der Waals surface area contributed by atoms with E-state index in [1.54, 1.807) is 4.90 Å². The van der Waals surface area contributed by atoms with Gasteiger partial charge >= 0.3 is 6.03 Å². The van der Waals surface area contributed by atoms with E-state index in [-0.39, 0.29) is 24.2 Å². The highest BCUT2D eigenvalue weighted by Crippen LogP contribution is 2.26. The van der Waals surface area contributed by atoms with E-state index in [4.69, 9.17) is 0 Å². The first-order valence-corrected chi connectivity index (χ1v) is 7.81. The molecule has 124 valence electrons. The largest absolute Gasteiger partial charge is 0.341 e. The first-order chi connectivity index (χ1) is 11.0. The van der Waals surface area contributed by atoms with Crippen molar-refractivity contribution in [2.45, 2.75) is 44.6 Å². The molecule has 2 aliphatic heterocycles. The topological polar surface area (TPSA) is 120 Å². The van der Waals surface area contributed by atoms with E-state index in [2.05, 4.69) is 25.8 Å². The number of nitrogens with zero attached hydrogens (tertiary/aromatic N) is 3. The van der Waals surface area contributed by atoms with Gasteiger partial charge in [-0.1, -0.05) is 0 Å². The average molecular weight is 320 g/mol. The Balaban J connectivity index is 1.57. The molecule has 0 aliphatic carbocycles. The fraction of sp³-hybridized carbons (Fsp3) is 0.643. The van der Waals surface area contributed by atoms with Gasteiger partial charge in [-0.25, -0.2) is 9.78 Å². The van der Waals surface area contributed by atoms with Crippen LogP contribution in [-0.4, -0.2) is 57.1 Å². The average Bonchev–Trinajstić information content (AvgIpc) is 2.89. The van der Waals surface area contributed by atoms with Crippen molar-refractivity contribution in [3.8, 4) is 0 Å². The van der Waals surface area contributed by atoms with Gasteiger partial charge in [0.2, 0.25) is 11.8 Å². The summed E-state index contributed by atoms with van der Waals surface area (Å²) in [5.41, 5.74) is 0. The Kier molecular flexibility index (Phi) is 4.26. The van der Waals surface area contributed by atoms with Gasteiger partial charge in [-0.05, 0) is 26.2 Å². The van der Waals surface area contributed by atoms with Crippen LogP contribution in [0.5, 0.6) is 0 Å². The number of aromatic amines is 1. The lowest BCUT2D eigenvalue weighted by atomic mass is 9.95. The maximum absolute atomic E-state index is 12.5. The van der Waals surface area contributed by atoms with Gasteiger partial charge in [0.05, 0.1) is 0 Å². The van der Waals surface area contributed by atoms with Gasteiger partial charge in [0.25, 0.3) is 0 Å². The molecular formula is C14H20N6O3. The zero-order valence-electron chi connectivity index (χ0n) is 13.0. The Labute approximate surface area is 133 Å². The Morgan fingerprint density at radius 1 is 1.22 bits per heavy atom. The van der Waals surface area contributed by atoms with Crippen molar-refractivity contribution in [1.82, 2.24) is 30.7 Å². The maximum atomic E-state index is 12.5. The summed E-state index contributed by atoms with van der Waals surface area (Å²) >= 11 is 0.